The second-order valence-corrected chi connectivity index (χ2v) is 18.2. The van der Waals surface area contributed by atoms with Crippen LogP contribution >= 0.6 is 36.0 Å². The predicted octanol–water partition coefficient (Wildman–Crippen LogP) is 5.86. The maximum absolute atomic E-state index is 13.7. The highest BCUT2D eigenvalue weighted by molar-refractivity contribution is 7.98. The van der Waals surface area contributed by atoms with E-state index in [0.29, 0.717) is 28.6 Å². The number of nitrogens with one attached hydrogen (secondary N) is 2. The Morgan fingerprint density at radius 2 is 1.80 bits per heavy atom. The van der Waals surface area contributed by atoms with Gasteiger partial charge in [-0.2, -0.15) is 14.7 Å². The number of rotatable bonds is 11. The van der Waals surface area contributed by atoms with E-state index >= 15 is 0 Å². The summed E-state index contributed by atoms with van der Waals surface area (Å²) in [5.74, 6) is -0.957. The number of nitriles is 1. The number of urea groups is 1. The molecular formula is C41H52Cl2N10O5S. The lowest BCUT2D eigenvalue weighted by Gasteiger charge is -2.44. The summed E-state index contributed by atoms with van der Waals surface area (Å²) < 4.78 is 2.89. The van der Waals surface area contributed by atoms with E-state index in [9.17, 15) is 24.0 Å². The molecule has 5 heterocycles. The topological polar surface area (TPSA) is 177 Å². The number of piperidine rings is 1. The van der Waals surface area contributed by atoms with Crippen molar-refractivity contribution in [2.24, 2.45) is 13.0 Å². The van der Waals surface area contributed by atoms with Crippen LogP contribution in [0.5, 0.6) is 0 Å². The van der Waals surface area contributed by atoms with E-state index in [1.54, 1.807) is 22.7 Å². The number of hydrogen-bond acceptors (Lipinski definition) is 11. The summed E-state index contributed by atoms with van der Waals surface area (Å²) >= 11 is 7.15. The van der Waals surface area contributed by atoms with E-state index in [0.717, 1.165) is 81.0 Å². The third-order valence-corrected chi connectivity index (χ3v) is 13.5. The zero-order valence-electron chi connectivity index (χ0n) is 34.1. The Labute approximate surface area is 360 Å². The zero-order valence-corrected chi connectivity index (χ0v) is 36.5. The molecule has 3 saturated heterocycles. The first-order chi connectivity index (χ1) is 27.7. The van der Waals surface area contributed by atoms with E-state index in [1.165, 1.54) is 10.5 Å². The summed E-state index contributed by atoms with van der Waals surface area (Å²) in [7, 11) is 1.80. The lowest BCUT2D eigenvalue weighted by molar-refractivity contribution is -0.134. The van der Waals surface area contributed by atoms with Gasteiger partial charge in [0.05, 0.1) is 34.4 Å². The van der Waals surface area contributed by atoms with Crippen molar-refractivity contribution < 1.29 is 24.0 Å². The number of aryl methyl sites for hydroxylation is 1. The van der Waals surface area contributed by atoms with Gasteiger partial charge in [0.2, 0.25) is 17.7 Å². The molecule has 6 amide bonds. The highest BCUT2D eigenvalue weighted by Gasteiger charge is 2.54. The van der Waals surface area contributed by atoms with Crippen molar-refractivity contribution in [3.05, 3.63) is 46.9 Å². The first kappa shape index (κ1) is 44.3. The molecule has 15 nitrogen and oxygen atoms in total. The molecule has 4 aliphatic rings. The second-order valence-electron chi connectivity index (χ2n) is 16.7. The number of benzene rings is 1. The molecule has 1 aliphatic carbocycles. The highest BCUT2D eigenvalue weighted by atomic mass is 35.5. The molecule has 3 aliphatic heterocycles. The fraction of sp³-hybridized carbons (Fsp3) is 0.561. The molecule has 7 rings (SSSR count). The molecule has 1 saturated carbocycles. The van der Waals surface area contributed by atoms with Crippen LogP contribution in [0.1, 0.15) is 96.4 Å². The Morgan fingerprint density at radius 3 is 2.46 bits per heavy atom. The minimum atomic E-state index is -0.974. The Bertz CT molecular complexity index is 2160. The summed E-state index contributed by atoms with van der Waals surface area (Å²) in [4.78, 5) is 76.0. The average Bonchev–Trinajstić information content (AvgIpc) is 3.59. The molecule has 2 N–H and O–H groups in total. The summed E-state index contributed by atoms with van der Waals surface area (Å²) in [6, 6.07) is 9.10. The number of anilines is 1. The highest BCUT2D eigenvalue weighted by Crippen LogP contribution is 2.42. The van der Waals surface area contributed by atoms with Crippen LogP contribution in [0.25, 0.3) is 10.9 Å². The summed E-state index contributed by atoms with van der Waals surface area (Å²) in [5, 5.41) is 20.3. The van der Waals surface area contributed by atoms with Crippen molar-refractivity contribution >= 4 is 82.2 Å². The summed E-state index contributed by atoms with van der Waals surface area (Å²) in [5.41, 5.74) is 1.11. The van der Waals surface area contributed by atoms with Crippen LogP contribution in [0.15, 0.2) is 35.4 Å². The maximum atomic E-state index is 13.7. The predicted molar refractivity (Wildman–Crippen MR) is 227 cm³/mol. The molecule has 2 aromatic heterocycles. The molecule has 0 radical (unpaired) electrons. The Hall–Kier alpha value is -4.27. The molecule has 3 aromatic rings. The lowest BCUT2D eigenvalue weighted by atomic mass is 9.81. The van der Waals surface area contributed by atoms with Crippen LogP contribution in [0.4, 0.5) is 10.5 Å². The summed E-state index contributed by atoms with van der Waals surface area (Å²) in [6.45, 7) is 10.9. The van der Waals surface area contributed by atoms with Crippen LogP contribution in [0, 0.1) is 17.2 Å². The minimum absolute atomic E-state index is 0. The van der Waals surface area contributed by atoms with Gasteiger partial charge in [-0.25, -0.2) is 9.78 Å². The smallest absolute Gasteiger partial charge is 0.323 e. The van der Waals surface area contributed by atoms with Gasteiger partial charge < -0.3 is 15.1 Å². The van der Waals surface area contributed by atoms with E-state index < -0.39 is 11.5 Å². The van der Waals surface area contributed by atoms with E-state index in [-0.39, 0.29) is 83.9 Å². The number of piperazine rings is 1. The normalized spacial score (nSPS) is 25.2. The quantitative estimate of drug-likeness (QED) is 0.134. The van der Waals surface area contributed by atoms with Crippen molar-refractivity contribution in [1.29, 1.82) is 5.26 Å². The van der Waals surface area contributed by atoms with Crippen LogP contribution < -0.4 is 10.6 Å². The maximum Gasteiger partial charge on any atom is 0.338 e. The second kappa shape index (κ2) is 18.1. The van der Waals surface area contributed by atoms with Crippen molar-refractivity contribution in [3.8, 4) is 6.07 Å². The minimum Gasteiger partial charge on any atom is -0.323 e. The number of para-hydroxylation sites is 1. The number of carbonyl (C=O) groups is 5. The van der Waals surface area contributed by atoms with Crippen LogP contribution in [0.3, 0.4) is 0 Å². The molecule has 3 atom stereocenters. The van der Waals surface area contributed by atoms with Crippen molar-refractivity contribution in [3.63, 3.8) is 0 Å². The molecule has 1 aromatic carbocycles. The van der Waals surface area contributed by atoms with Gasteiger partial charge in [-0.1, -0.05) is 23.7 Å². The van der Waals surface area contributed by atoms with Crippen LogP contribution in [-0.2, 0) is 26.2 Å². The molecule has 1 unspecified atom stereocenters. The first-order valence-corrected chi connectivity index (χ1v) is 21.3. The number of amides is 6. The van der Waals surface area contributed by atoms with Gasteiger partial charge in [-0.05, 0) is 97.2 Å². The van der Waals surface area contributed by atoms with Gasteiger partial charge in [0.1, 0.15) is 11.6 Å². The van der Waals surface area contributed by atoms with Gasteiger partial charge in [0, 0.05) is 73.1 Å². The van der Waals surface area contributed by atoms with E-state index in [4.69, 9.17) is 16.9 Å². The number of hydrogen-bond donors (Lipinski definition) is 2. The van der Waals surface area contributed by atoms with Gasteiger partial charge in [-0.3, -0.25) is 34.1 Å². The van der Waals surface area contributed by atoms with Crippen LogP contribution in [-0.4, -0.2) is 113 Å². The lowest BCUT2D eigenvalue weighted by Crippen LogP contribution is -2.58. The average molecular weight is 868 g/mol. The largest absolute Gasteiger partial charge is 0.338 e. The standard InChI is InChI=1S/C41H51ClN10O5S.ClH/c1-24-21-49(22-25(2)50(24)23-35(54)45-32-10-6-9-29-36(47-48(5)37(29)32)30-15-16-34(53)46-38(30)55)17-7-8-26-11-13-27(14-12-26)51-40(57)52(39(56)41(51,3)4)58-28-18-31(42)33(19-43)44-20-28;/h6,9-10,18,20,24-27,30H,7-8,11-17,21-23H2,1-5H3,(H,45,54)(H,46,53,55);1H/t24-,25+,26?,27?,30?;. The molecular weight excluding hydrogens is 815 g/mol. The van der Waals surface area contributed by atoms with Gasteiger partial charge in [-0.15, -0.1) is 12.4 Å². The molecule has 4 fully saturated rings. The molecule has 59 heavy (non-hydrogen) atoms. The Morgan fingerprint density at radius 1 is 1.08 bits per heavy atom. The van der Waals surface area contributed by atoms with Crippen molar-refractivity contribution in [1.82, 2.24) is 39.1 Å². The Kier molecular flexibility index (Phi) is 13.6. The number of pyridine rings is 1. The number of aromatic nitrogens is 3. The van der Waals surface area contributed by atoms with Crippen molar-refractivity contribution in [2.45, 2.75) is 114 Å². The van der Waals surface area contributed by atoms with E-state index in [1.807, 2.05) is 38.1 Å². The zero-order chi connectivity index (χ0) is 41.5. The van der Waals surface area contributed by atoms with Gasteiger partial charge in [0.15, 0.2) is 5.69 Å². The van der Waals surface area contributed by atoms with E-state index in [2.05, 4.69) is 44.4 Å². The molecule has 0 bridgehead atoms. The van der Waals surface area contributed by atoms with Crippen molar-refractivity contribution in [2.75, 3.05) is 31.5 Å². The molecule has 0 spiro atoms. The fourth-order valence-electron chi connectivity index (χ4n) is 9.41. The number of fused-ring (bicyclic) bond motifs is 1. The number of carbonyl (C=O) groups excluding carboxylic acids is 5. The third-order valence-electron chi connectivity index (χ3n) is 12.3. The monoisotopic (exact) mass is 866 g/mol. The van der Waals surface area contributed by atoms with Crippen LogP contribution in [0.2, 0.25) is 5.02 Å². The van der Waals surface area contributed by atoms with Gasteiger partial charge in [0.25, 0.3) is 5.91 Å². The van der Waals surface area contributed by atoms with Gasteiger partial charge >= 0.3 is 6.03 Å². The number of imide groups is 2. The molecule has 18 heteroatoms. The number of halogens is 2. The fourth-order valence-corrected chi connectivity index (χ4v) is 10.6. The number of nitrogens with zero attached hydrogens (tertiary/aromatic N) is 8. The summed E-state index contributed by atoms with van der Waals surface area (Å²) in [6.07, 6.45) is 8.00. The first-order valence-electron chi connectivity index (χ1n) is 20.1. The molecule has 316 valence electrons. The Balaban J connectivity index is 0.00000585. The third kappa shape index (κ3) is 9.10. The SMILES string of the molecule is C[C@@H]1CN(CCCC2CCC(N3C(=O)N(Sc4cnc(C#N)c(Cl)c4)C(=O)C3(C)C)CC2)C[C@H](C)N1CC(=O)Nc1cccc2c(C3CCC(=O)NC3=O)nn(C)c12.Cl.